The van der Waals surface area contributed by atoms with Crippen LogP contribution in [0.25, 0.3) is 16.8 Å². The Morgan fingerprint density at radius 2 is 2.11 bits per heavy atom. The molecule has 4 rings (SSSR count). The average molecular weight is 384 g/mol. The van der Waals surface area contributed by atoms with Crippen LogP contribution >= 0.6 is 0 Å². The number of hydrogen-bond donors (Lipinski definition) is 2. The molecule has 27 heavy (non-hydrogen) atoms. The molecule has 7 nitrogen and oxygen atoms in total. The first-order valence-corrected chi connectivity index (χ1v) is 8.32. The van der Waals surface area contributed by atoms with E-state index in [2.05, 4.69) is 15.0 Å². The number of carbonyl (C=O) groups is 1. The van der Waals surface area contributed by atoms with E-state index in [1.807, 2.05) is 15.8 Å². The summed E-state index contributed by atoms with van der Waals surface area (Å²) in [5.74, 6) is -0.911. The second kappa shape index (κ2) is 6.39. The number of H-pyrrole nitrogens is 1. The van der Waals surface area contributed by atoms with Crippen molar-refractivity contribution in [1.29, 1.82) is 0 Å². The number of hydrogen-bond acceptors (Lipinski definition) is 3. The third-order valence-electron chi connectivity index (χ3n) is 4.82. The van der Waals surface area contributed by atoms with Crippen LogP contribution in [0.2, 0.25) is 0 Å². The molecule has 0 spiro atoms. The number of imidazole rings is 1. The van der Waals surface area contributed by atoms with Gasteiger partial charge in [-0.3, -0.25) is 8.79 Å². The molecule has 0 radical (unpaired) electrons. The highest BCUT2D eigenvalue weighted by Crippen LogP contribution is 2.34. The summed E-state index contributed by atoms with van der Waals surface area (Å²) in [4.78, 5) is 24.8. The molecule has 0 aromatic carbocycles. The largest absolute Gasteiger partial charge is 0.405 e. The van der Waals surface area contributed by atoms with Crippen LogP contribution in [0.1, 0.15) is 11.6 Å². The fraction of sp³-hybridized carbons (Fsp3) is 0.438. The summed E-state index contributed by atoms with van der Waals surface area (Å²) in [5, 5.41) is 1.84. The van der Waals surface area contributed by atoms with E-state index in [1.54, 1.807) is 18.6 Å². The molecular formula is C16H16F4N6O. The van der Waals surface area contributed by atoms with Crippen LogP contribution < -0.4 is 5.32 Å². The molecule has 2 N–H and O–H groups in total. The highest BCUT2D eigenvalue weighted by Gasteiger charge is 2.39. The maximum Gasteiger partial charge on any atom is 0.405 e. The standard InChI is InChI=1S/C16H16F4N6O/c17-3-9-6-25(15(27)24-8-16(18,19)20)7-10(9)12-4-22-13-5-23-14-11(26(12)13)1-2-21-14/h1-2,4-5,9-10,21H,3,6-8H2,(H,24,27)/t9-,10-/m1/s1. The van der Waals surface area contributed by atoms with Crippen LogP contribution in [-0.2, 0) is 0 Å². The van der Waals surface area contributed by atoms with Crippen molar-refractivity contribution in [3.63, 3.8) is 0 Å². The number of urea groups is 1. The minimum atomic E-state index is -4.50. The number of aromatic nitrogens is 4. The zero-order valence-electron chi connectivity index (χ0n) is 14.0. The highest BCUT2D eigenvalue weighted by atomic mass is 19.4. The SMILES string of the molecule is O=C(NCC(F)(F)F)N1C[C@@H](CF)[C@H](c2cnc3cnc4[nH]ccc4n23)C1. The molecule has 1 aliphatic rings. The van der Waals surface area contributed by atoms with Gasteiger partial charge < -0.3 is 15.2 Å². The van der Waals surface area contributed by atoms with Crippen LogP contribution in [0.4, 0.5) is 22.4 Å². The van der Waals surface area contributed by atoms with E-state index in [1.165, 1.54) is 4.90 Å². The lowest BCUT2D eigenvalue weighted by molar-refractivity contribution is -0.123. The van der Waals surface area contributed by atoms with E-state index >= 15 is 0 Å². The van der Waals surface area contributed by atoms with Crippen LogP contribution in [0.5, 0.6) is 0 Å². The molecule has 0 unspecified atom stereocenters. The molecule has 0 saturated carbocycles. The van der Waals surface area contributed by atoms with Gasteiger partial charge in [0.2, 0.25) is 0 Å². The van der Waals surface area contributed by atoms with Crippen LogP contribution in [-0.4, -0.2) is 62.8 Å². The zero-order chi connectivity index (χ0) is 19.2. The smallest absolute Gasteiger partial charge is 0.345 e. The van der Waals surface area contributed by atoms with Crippen molar-refractivity contribution in [3.05, 3.63) is 30.4 Å². The van der Waals surface area contributed by atoms with E-state index in [0.717, 1.165) is 5.52 Å². The maximum atomic E-state index is 13.6. The van der Waals surface area contributed by atoms with Gasteiger partial charge in [0, 0.05) is 43.0 Å². The summed E-state index contributed by atoms with van der Waals surface area (Å²) in [6, 6.07) is 0.962. The number of carbonyl (C=O) groups excluding carboxylic acids is 1. The van der Waals surface area contributed by atoms with Gasteiger partial charge in [-0.1, -0.05) is 0 Å². The fourth-order valence-corrected chi connectivity index (χ4v) is 3.57. The Kier molecular flexibility index (Phi) is 4.16. The van der Waals surface area contributed by atoms with Crippen molar-refractivity contribution >= 4 is 22.8 Å². The van der Waals surface area contributed by atoms with E-state index in [0.29, 0.717) is 17.0 Å². The molecule has 1 saturated heterocycles. The van der Waals surface area contributed by atoms with Crippen molar-refractivity contribution in [2.45, 2.75) is 12.1 Å². The van der Waals surface area contributed by atoms with Crippen molar-refractivity contribution in [1.82, 2.24) is 29.6 Å². The van der Waals surface area contributed by atoms with Gasteiger partial charge in [-0.05, 0) is 6.07 Å². The summed E-state index contributed by atoms with van der Waals surface area (Å²) in [6.45, 7) is -1.96. The second-order valence-corrected chi connectivity index (χ2v) is 6.55. The maximum absolute atomic E-state index is 13.6. The second-order valence-electron chi connectivity index (χ2n) is 6.55. The minimum absolute atomic E-state index is 0.0411. The van der Waals surface area contributed by atoms with Crippen molar-refractivity contribution in [2.24, 2.45) is 5.92 Å². The number of fused-ring (bicyclic) bond motifs is 3. The summed E-state index contributed by atoms with van der Waals surface area (Å²) in [7, 11) is 0. The van der Waals surface area contributed by atoms with Gasteiger partial charge >= 0.3 is 12.2 Å². The third-order valence-corrected chi connectivity index (χ3v) is 4.82. The molecule has 0 aliphatic carbocycles. The van der Waals surface area contributed by atoms with Gasteiger partial charge in [-0.2, -0.15) is 13.2 Å². The number of alkyl halides is 4. The van der Waals surface area contributed by atoms with Crippen LogP contribution in [0.15, 0.2) is 24.7 Å². The molecule has 11 heteroatoms. The van der Waals surface area contributed by atoms with E-state index in [-0.39, 0.29) is 19.0 Å². The number of aromatic amines is 1. The summed E-state index contributed by atoms with van der Waals surface area (Å²) in [5.41, 5.74) is 2.68. The highest BCUT2D eigenvalue weighted by molar-refractivity contribution is 5.76. The Morgan fingerprint density at radius 3 is 2.85 bits per heavy atom. The Morgan fingerprint density at radius 1 is 1.30 bits per heavy atom. The first kappa shape index (κ1) is 17.6. The van der Waals surface area contributed by atoms with Crippen molar-refractivity contribution in [3.8, 4) is 0 Å². The Bertz CT molecular complexity index is 980. The number of rotatable bonds is 3. The van der Waals surface area contributed by atoms with Gasteiger partial charge in [0.05, 0.1) is 18.4 Å². The molecular weight excluding hydrogens is 368 g/mol. The van der Waals surface area contributed by atoms with Crippen molar-refractivity contribution < 1.29 is 22.4 Å². The Labute approximate surface area is 150 Å². The molecule has 3 aromatic rings. The lowest BCUT2D eigenvalue weighted by Crippen LogP contribution is -2.42. The molecule has 2 amide bonds. The topological polar surface area (TPSA) is 78.3 Å². The van der Waals surface area contributed by atoms with Crippen molar-refractivity contribution in [2.75, 3.05) is 26.3 Å². The van der Waals surface area contributed by atoms with Gasteiger partial charge in [0.15, 0.2) is 11.3 Å². The molecule has 4 heterocycles. The summed E-state index contributed by atoms with van der Waals surface area (Å²) in [6.07, 6.45) is 0.408. The number of nitrogens with one attached hydrogen (secondary N) is 2. The average Bonchev–Trinajstić information content (AvgIpc) is 3.33. The van der Waals surface area contributed by atoms with Crippen LogP contribution in [0.3, 0.4) is 0 Å². The number of likely N-dealkylation sites (tertiary alicyclic amines) is 1. The van der Waals surface area contributed by atoms with E-state index in [9.17, 15) is 22.4 Å². The summed E-state index contributed by atoms with van der Waals surface area (Å²) < 4.78 is 52.4. The van der Waals surface area contributed by atoms with E-state index in [4.69, 9.17) is 0 Å². The molecule has 3 aromatic heterocycles. The van der Waals surface area contributed by atoms with Gasteiger partial charge in [0.25, 0.3) is 0 Å². The number of nitrogens with zero attached hydrogens (tertiary/aromatic N) is 4. The zero-order valence-corrected chi connectivity index (χ0v) is 14.0. The first-order chi connectivity index (χ1) is 12.9. The number of amides is 2. The molecule has 0 bridgehead atoms. The minimum Gasteiger partial charge on any atom is -0.345 e. The molecule has 144 valence electrons. The predicted octanol–water partition coefficient (Wildman–Crippen LogP) is 2.47. The lowest BCUT2D eigenvalue weighted by Gasteiger charge is -2.18. The predicted molar refractivity (Wildman–Crippen MR) is 88.1 cm³/mol. The van der Waals surface area contributed by atoms with E-state index < -0.39 is 31.3 Å². The quantitative estimate of drug-likeness (QED) is 0.681. The normalized spacial score (nSPS) is 20.7. The number of halogens is 4. The summed E-state index contributed by atoms with van der Waals surface area (Å²) >= 11 is 0. The van der Waals surface area contributed by atoms with Crippen LogP contribution in [0, 0.1) is 5.92 Å². The van der Waals surface area contributed by atoms with Gasteiger partial charge in [-0.25, -0.2) is 14.8 Å². The molecule has 1 aliphatic heterocycles. The monoisotopic (exact) mass is 384 g/mol. The molecule has 1 fully saturated rings. The van der Waals surface area contributed by atoms with Gasteiger partial charge in [0.1, 0.15) is 6.54 Å². The Balaban J connectivity index is 1.63. The third kappa shape index (κ3) is 3.17. The molecule has 2 atom stereocenters. The first-order valence-electron chi connectivity index (χ1n) is 8.32. The lowest BCUT2D eigenvalue weighted by atomic mass is 9.94. The van der Waals surface area contributed by atoms with Gasteiger partial charge in [-0.15, -0.1) is 0 Å². The Hall–Kier alpha value is -2.85. The fourth-order valence-electron chi connectivity index (χ4n) is 3.57.